The Hall–Kier alpha value is -0.640. The van der Waals surface area contributed by atoms with E-state index < -0.39 is 58.8 Å². The summed E-state index contributed by atoms with van der Waals surface area (Å²) in [5, 5.41) is 11.3. The molecule has 139 valence electrons. The average molecular weight is 455 g/mol. The Morgan fingerprint density at radius 3 is 0.652 bits per heavy atom. The van der Waals surface area contributed by atoms with Crippen molar-refractivity contribution in [1.29, 1.82) is 0 Å². The molecular formula is C2F5O11S5. The highest BCUT2D eigenvalue weighted by molar-refractivity contribution is 8.24. The summed E-state index contributed by atoms with van der Waals surface area (Å²) in [5.41, 5.74) is 0. The van der Waals surface area contributed by atoms with Crippen LogP contribution in [0.3, 0.4) is 0 Å². The predicted octanol–water partition coefficient (Wildman–Crippen LogP) is -1.78. The van der Waals surface area contributed by atoms with Crippen LogP contribution in [0, 0.1) is 0 Å². The molecular weight excluding hydrogens is 455 g/mol. The molecule has 0 N–H and O–H groups in total. The van der Waals surface area contributed by atoms with E-state index in [1.54, 1.807) is 0 Å². The zero-order chi connectivity index (χ0) is 19.5. The summed E-state index contributed by atoms with van der Waals surface area (Å²) in [7, 11) is -41.4. The minimum Gasteiger partial charge on any atom is -0.192 e. The lowest BCUT2D eigenvalue weighted by Gasteiger charge is -2.29. The first-order valence-electron chi connectivity index (χ1n) is 3.91. The van der Waals surface area contributed by atoms with Gasteiger partial charge in [-0.2, -0.15) is 47.2 Å². The number of hydrogen-bond acceptors (Lipinski definition) is 10. The molecule has 0 aliphatic carbocycles. The van der Waals surface area contributed by atoms with E-state index in [9.17, 15) is 66.6 Å². The zero-order valence-electron chi connectivity index (χ0n) is 9.42. The molecule has 0 aromatic heterocycles. The Balaban J connectivity index is 8.35. The molecule has 0 saturated carbocycles. The normalized spacial score (nSPS) is 16.3. The third kappa shape index (κ3) is 2.81. The molecule has 0 fully saturated rings. The van der Waals surface area contributed by atoms with E-state index in [1.165, 1.54) is 0 Å². The topological polar surface area (TPSA) is 191 Å². The van der Waals surface area contributed by atoms with Gasteiger partial charge >= 0.3 is 58.8 Å². The van der Waals surface area contributed by atoms with Crippen molar-refractivity contribution in [2.75, 3.05) is 0 Å². The Kier molecular flexibility index (Phi) is 5.03. The molecule has 23 heavy (non-hydrogen) atoms. The summed E-state index contributed by atoms with van der Waals surface area (Å²) >= 11 is 0. The molecule has 0 aromatic carbocycles. The summed E-state index contributed by atoms with van der Waals surface area (Å²) < 4.78 is 154. The highest BCUT2D eigenvalue weighted by Gasteiger charge is 2.91. The summed E-state index contributed by atoms with van der Waals surface area (Å²) in [6.07, 6.45) is 0. The van der Waals surface area contributed by atoms with Gasteiger partial charge < -0.3 is 0 Å². The van der Waals surface area contributed by atoms with Crippen LogP contribution in [0.5, 0.6) is 0 Å². The molecule has 0 aromatic rings. The maximum atomic E-state index is 12.9. The molecule has 1 radical (unpaired) electrons. The molecule has 0 saturated heterocycles. The second kappa shape index (κ2) is 5.18. The second-order valence-corrected chi connectivity index (χ2v) is 11.7. The van der Waals surface area contributed by atoms with Gasteiger partial charge in [0.25, 0.3) is 0 Å². The second-order valence-electron chi connectivity index (χ2n) is 3.30. The van der Waals surface area contributed by atoms with E-state index in [4.69, 9.17) is 0 Å². The minimum absolute atomic E-state index is 7.39. The van der Waals surface area contributed by atoms with Crippen LogP contribution >= 0.6 is 0 Å². The van der Waals surface area contributed by atoms with Crippen LogP contribution in [-0.2, 0) is 56.2 Å². The van der Waals surface area contributed by atoms with E-state index in [1.807, 2.05) is 0 Å². The highest BCUT2D eigenvalue weighted by atomic mass is 32.4. The standard InChI is InChI=1S/C2F5O11S5/c3-19(9,10)1(8,20(4,11)12)2(21(5,13)14,22(6,15)16)23(7,17)18. The van der Waals surface area contributed by atoms with E-state index in [0.29, 0.717) is 0 Å². The Labute approximate surface area is 125 Å². The van der Waals surface area contributed by atoms with Crippen LogP contribution in [0.2, 0.25) is 0 Å². The lowest BCUT2D eigenvalue weighted by atomic mass is 10.8. The van der Waals surface area contributed by atoms with Crippen molar-refractivity contribution >= 4 is 51.1 Å². The van der Waals surface area contributed by atoms with Gasteiger partial charge in [-0.1, -0.05) is 0 Å². The highest BCUT2D eigenvalue weighted by Crippen LogP contribution is 2.51. The molecule has 0 rings (SSSR count). The van der Waals surface area contributed by atoms with Gasteiger partial charge in [0.05, 0.1) is 0 Å². The molecule has 0 aliphatic heterocycles. The molecule has 0 aliphatic rings. The smallest absolute Gasteiger partial charge is 0.192 e. The lowest BCUT2D eigenvalue weighted by Crippen LogP contribution is -2.69. The van der Waals surface area contributed by atoms with Crippen LogP contribution in [0.15, 0.2) is 0 Å². The third-order valence-electron chi connectivity index (χ3n) is 1.98. The molecule has 0 heterocycles. The van der Waals surface area contributed by atoms with Crippen LogP contribution in [0.25, 0.3) is 0 Å². The van der Waals surface area contributed by atoms with Crippen LogP contribution in [-0.4, -0.2) is 49.8 Å². The number of halogens is 5. The van der Waals surface area contributed by atoms with Gasteiger partial charge in [0, 0.05) is 0 Å². The lowest BCUT2D eigenvalue weighted by molar-refractivity contribution is 0.103. The SMILES string of the molecule is [O]C(C(S(=O)(=O)F)(S(=O)(=O)F)S(=O)(=O)F)(S(=O)(=O)F)S(=O)(=O)F. The van der Waals surface area contributed by atoms with Gasteiger partial charge in [-0.25, -0.2) is 0 Å². The molecule has 11 nitrogen and oxygen atoms in total. The third-order valence-corrected chi connectivity index (χ3v) is 12.2. The zero-order valence-corrected chi connectivity index (χ0v) is 13.5. The monoisotopic (exact) mass is 455 g/mol. The van der Waals surface area contributed by atoms with Crippen molar-refractivity contribution in [2.45, 2.75) is 7.68 Å². The van der Waals surface area contributed by atoms with Gasteiger partial charge in [-0.3, -0.25) is 0 Å². The van der Waals surface area contributed by atoms with Crippen molar-refractivity contribution < 1.29 is 66.6 Å². The summed E-state index contributed by atoms with van der Waals surface area (Å²) in [6.45, 7) is 0. The Morgan fingerprint density at radius 2 is 0.609 bits per heavy atom. The summed E-state index contributed by atoms with van der Waals surface area (Å²) in [6, 6.07) is 0. The van der Waals surface area contributed by atoms with Gasteiger partial charge in [-0.05, 0) is 0 Å². The first-order valence-corrected chi connectivity index (χ1v) is 10.8. The quantitative estimate of drug-likeness (QED) is 0.327. The summed E-state index contributed by atoms with van der Waals surface area (Å²) in [5.74, 6) is 0. The molecule has 0 bridgehead atoms. The van der Waals surface area contributed by atoms with Gasteiger partial charge in [-0.15, -0.1) is 19.4 Å². The first kappa shape index (κ1) is 22.4. The molecule has 21 heteroatoms. The molecule has 0 unspecified atom stereocenters. The average Bonchev–Trinajstić information content (AvgIpc) is 2.05. The van der Waals surface area contributed by atoms with Crippen molar-refractivity contribution in [3.8, 4) is 0 Å². The van der Waals surface area contributed by atoms with E-state index in [2.05, 4.69) is 0 Å². The fourth-order valence-corrected chi connectivity index (χ4v) is 10.1. The van der Waals surface area contributed by atoms with Crippen LogP contribution in [0.1, 0.15) is 0 Å². The van der Waals surface area contributed by atoms with Crippen molar-refractivity contribution in [3.63, 3.8) is 0 Å². The van der Waals surface area contributed by atoms with E-state index in [0.717, 1.165) is 0 Å². The van der Waals surface area contributed by atoms with Crippen molar-refractivity contribution in [1.82, 2.24) is 0 Å². The van der Waals surface area contributed by atoms with Gasteiger partial charge in [0.2, 0.25) is 0 Å². The van der Waals surface area contributed by atoms with E-state index >= 15 is 0 Å². The van der Waals surface area contributed by atoms with Crippen molar-refractivity contribution in [3.05, 3.63) is 0 Å². The number of rotatable bonds is 6. The van der Waals surface area contributed by atoms with Gasteiger partial charge in [0.1, 0.15) is 0 Å². The molecule has 0 amide bonds. The molecule has 0 spiro atoms. The minimum atomic E-state index is -8.34. The van der Waals surface area contributed by atoms with Crippen molar-refractivity contribution in [2.24, 2.45) is 0 Å². The maximum absolute atomic E-state index is 12.9. The predicted molar refractivity (Wildman–Crippen MR) is 56.3 cm³/mol. The number of hydrogen-bond donors (Lipinski definition) is 0. The maximum Gasteiger partial charge on any atom is 0.423 e. The fraction of sp³-hybridized carbons (Fsp3) is 1.00. The molecule has 0 atom stereocenters. The largest absolute Gasteiger partial charge is 0.423 e. The summed E-state index contributed by atoms with van der Waals surface area (Å²) in [4.78, 5) is 0. The van der Waals surface area contributed by atoms with Gasteiger partial charge in [0.15, 0.2) is 0 Å². The fourth-order valence-electron chi connectivity index (χ4n) is 1.22. The Bertz CT molecular complexity index is 917. The first-order chi connectivity index (χ1) is 9.50. The van der Waals surface area contributed by atoms with Crippen LogP contribution < -0.4 is 0 Å². The Morgan fingerprint density at radius 1 is 0.435 bits per heavy atom. The van der Waals surface area contributed by atoms with Crippen LogP contribution in [0.4, 0.5) is 19.4 Å². The van der Waals surface area contributed by atoms with E-state index in [-0.39, 0.29) is 0 Å².